The van der Waals surface area contributed by atoms with E-state index in [-0.39, 0.29) is 19.4 Å². The second-order valence-electron chi connectivity index (χ2n) is 8.43. The van der Waals surface area contributed by atoms with Crippen molar-refractivity contribution in [3.05, 3.63) is 22.3 Å². The number of ketones is 1. The Kier molecular flexibility index (Phi) is 13.4. The minimum atomic E-state index is -0.212. The van der Waals surface area contributed by atoms with Crippen LogP contribution in [0.4, 0.5) is 0 Å². The van der Waals surface area contributed by atoms with Gasteiger partial charge in [-0.2, -0.15) is 0 Å². The molecule has 0 aromatic rings. The smallest absolute Gasteiger partial charge is 0.161 e. The summed E-state index contributed by atoms with van der Waals surface area (Å²) in [6.45, 7) is 21.3. The zero-order valence-electron chi connectivity index (χ0n) is 18.8. The lowest BCUT2D eigenvalue weighted by atomic mass is 9.70. The number of hydrogen-bond acceptors (Lipinski definition) is 2. The van der Waals surface area contributed by atoms with Crippen LogP contribution in [0.25, 0.3) is 0 Å². The molecule has 0 radical (unpaired) electrons. The summed E-state index contributed by atoms with van der Waals surface area (Å²) in [5.41, 5.74) is 4.85. The van der Waals surface area contributed by atoms with E-state index < -0.39 is 0 Å². The molecule has 0 aromatic heterocycles. The maximum absolute atomic E-state index is 11.6. The van der Waals surface area contributed by atoms with Crippen molar-refractivity contribution < 1.29 is 9.90 Å². The first-order valence-corrected chi connectivity index (χ1v) is 12.0. The van der Waals surface area contributed by atoms with Gasteiger partial charge in [0.15, 0.2) is 5.78 Å². The normalized spacial score (nSPS) is 36.2. The molecule has 0 bridgehead atoms. The zero-order chi connectivity index (χ0) is 20.9. The fraction of sp³-hybridized carbons (Fsp3) is 0.792. The Bertz CT molecular complexity index is 525. The third kappa shape index (κ3) is 6.42. The second-order valence-corrected chi connectivity index (χ2v) is 8.43. The van der Waals surface area contributed by atoms with Crippen molar-refractivity contribution in [3.63, 3.8) is 0 Å². The molecule has 7 unspecified atom stereocenters. The predicted molar refractivity (Wildman–Crippen MR) is 129 cm³/mol. The van der Waals surface area contributed by atoms with Gasteiger partial charge in [0.1, 0.15) is 0 Å². The molecule has 160 valence electrons. The van der Waals surface area contributed by atoms with E-state index in [1.54, 1.807) is 0 Å². The zero-order valence-corrected chi connectivity index (χ0v) is 20.9. The quantitative estimate of drug-likeness (QED) is 0.222. The fourth-order valence-electron chi connectivity index (χ4n) is 4.07. The van der Waals surface area contributed by atoms with Crippen LogP contribution in [-0.4, -0.2) is 21.9 Å². The van der Waals surface area contributed by atoms with Crippen molar-refractivity contribution in [2.24, 2.45) is 35.5 Å². The molecule has 27 heavy (non-hydrogen) atoms. The molecule has 3 heteroatoms. The highest BCUT2D eigenvalue weighted by atomic mass is 127. The molecule has 2 aliphatic rings. The van der Waals surface area contributed by atoms with E-state index in [0.717, 1.165) is 5.57 Å². The van der Waals surface area contributed by atoms with Gasteiger partial charge in [-0.25, -0.2) is 0 Å². The van der Waals surface area contributed by atoms with Crippen LogP contribution < -0.4 is 0 Å². The average molecular weight is 493 g/mol. The van der Waals surface area contributed by atoms with Crippen LogP contribution in [0.1, 0.15) is 76.7 Å². The Labute approximate surface area is 183 Å². The number of allylic oxidation sites excluding steroid dienone is 3. The third-order valence-electron chi connectivity index (χ3n) is 7.50. The molecule has 2 aliphatic carbocycles. The van der Waals surface area contributed by atoms with Gasteiger partial charge in [-0.1, -0.05) is 82.7 Å². The highest BCUT2D eigenvalue weighted by Crippen LogP contribution is 2.38. The monoisotopic (exact) mass is 492 g/mol. The van der Waals surface area contributed by atoms with Gasteiger partial charge < -0.3 is 5.11 Å². The van der Waals surface area contributed by atoms with Gasteiger partial charge in [-0.15, -0.1) is 0 Å². The average Bonchev–Trinajstić information content (AvgIpc) is 2.66. The van der Waals surface area contributed by atoms with Crippen LogP contribution in [0.5, 0.6) is 0 Å². The lowest BCUT2D eigenvalue weighted by molar-refractivity contribution is -0.121. The standard InChI is InChI=1S/C11H20O.C11H18O.CH3I.CH4/c2*1-6-7(2)9(4)11(12)10(5)8(6)3;1-2;/h6-7,9,11-12H,1-5H3;6-7,9H,1-5H3;1H3;1H4. The number of rotatable bonds is 0. The summed E-state index contributed by atoms with van der Waals surface area (Å²) in [7, 11) is 0. The predicted octanol–water partition coefficient (Wildman–Crippen LogP) is 7.11. The summed E-state index contributed by atoms with van der Waals surface area (Å²) in [6.07, 6.45) is -0.212. The molecular formula is C24H45IO2. The minimum absolute atomic E-state index is 0. The van der Waals surface area contributed by atoms with Crippen LogP contribution in [-0.2, 0) is 4.79 Å². The summed E-state index contributed by atoms with van der Waals surface area (Å²) in [5, 5.41) is 9.85. The molecule has 0 saturated heterocycles. The minimum Gasteiger partial charge on any atom is -0.388 e. The molecule has 0 aliphatic heterocycles. The SMILES string of the molecule is C.CC1=C(C)C(C)C(C)C(C)C1=O.CC1=C(C)C(O)C(C)C(C)C1C.CI. The number of Topliss-reactive ketones (excluding diaryl/α,β-unsaturated/α-hetero) is 1. The van der Waals surface area contributed by atoms with E-state index in [1.807, 2.05) is 18.8 Å². The first kappa shape index (κ1) is 29.0. The highest BCUT2D eigenvalue weighted by molar-refractivity contribution is 14.1. The van der Waals surface area contributed by atoms with Crippen molar-refractivity contribution in [1.82, 2.24) is 0 Å². The molecule has 7 atom stereocenters. The Morgan fingerprint density at radius 1 is 0.667 bits per heavy atom. The molecule has 0 heterocycles. The van der Waals surface area contributed by atoms with Crippen molar-refractivity contribution in [2.75, 3.05) is 4.93 Å². The lowest BCUT2D eigenvalue weighted by Gasteiger charge is -2.37. The number of alkyl halides is 1. The van der Waals surface area contributed by atoms with Crippen molar-refractivity contribution in [2.45, 2.75) is 82.8 Å². The van der Waals surface area contributed by atoms with E-state index >= 15 is 0 Å². The van der Waals surface area contributed by atoms with Crippen molar-refractivity contribution >= 4 is 28.4 Å². The maximum Gasteiger partial charge on any atom is 0.161 e. The Hall–Kier alpha value is -0.160. The molecule has 1 N–H and O–H groups in total. The summed E-state index contributed by atoms with van der Waals surface area (Å²) in [4.78, 5) is 13.6. The van der Waals surface area contributed by atoms with E-state index in [1.165, 1.54) is 16.7 Å². The van der Waals surface area contributed by atoms with Crippen LogP contribution in [0.15, 0.2) is 22.3 Å². The molecule has 0 saturated carbocycles. The van der Waals surface area contributed by atoms with Gasteiger partial charge in [-0.05, 0) is 73.4 Å². The topological polar surface area (TPSA) is 37.3 Å². The maximum atomic E-state index is 11.6. The van der Waals surface area contributed by atoms with E-state index in [4.69, 9.17) is 0 Å². The number of halogens is 1. The number of carbonyl (C=O) groups is 1. The molecule has 2 nitrogen and oxygen atoms in total. The summed E-state index contributed by atoms with van der Waals surface area (Å²) in [5.74, 6) is 3.26. The van der Waals surface area contributed by atoms with Crippen LogP contribution in [0, 0.1) is 35.5 Å². The first-order valence-electron chi connectivity index (χ1n) is 9.88. The van der Waals surface area contributed by atoms with Gasteiger partial charge in [0, 0.05) is 5.92 Å². The van der Waals surface area contributed by atoms with E-state index in [0.29, 0.717) is 35.4 Å². The number of hydrogen-bond donors (Lipinski definition) is 1. The lowest BCUT2D eigenvalue weighted by Crippen LogP contribution is -2.34. The van der Waals surface area contributed by atoms with Gasteiger partial charge in [-0.3, -0.25) is 4.79 Å². The van der Waals surface area contributed by atoms with Crippen LogP contribution >= 0.6 is 22.6 Å². The molecular weight excluding hydrogens is 447 g/mol. The Morgan fingerprint density at radius 3 is 1.52 bits per heavy atom. The number of aliphatic hydroxyl groups is 1. The molecule has 0 amide bonds. The summed E-state index contributed by atoms with van der Waals surface area (Å²) in [6, 6.07) is 0. The van der Waals surface area contributed by atoms with Gasteiger partial charge >= 0.3 is 0 Å². The van der Waals surface area contributed by atoms with E-state index in [9.17, 15) is 9.90 Å². The number of aliphatic hydroxyl groups excluding tert-OH is 1. The van der Waals surface area contributed by atoms with Crippen LogP contribution in [0.3, 0.4) is 0 Å². The van der Waals surface area contributed by atoms with Crippen LogP contribution in [0.2, 0.25) is 0 Å². The number of carbonyl (C=O) groups excluding carboxylic acids is 1. The largest absolute Gasteiger partial charge is 0.388 e. The molecule has 0 spiro atoms. The van der Waals surface area contributed by atoms with E-state index in [2.05, 4.69) is 78.0 Å². The molecule has 0 aromatic carbocycles. The first-order chi connectivity index (χ1) is 11.9. The van der Waals surface area contributed by atoms with Crippen molar-refractivity contribution in [3.8, 4) is 0 Å². The Morgan fingerprint density at radius 2 is 1.07 bits per heavy atom. The molecule has 2 rings (SSSR count). The Balaban J connectivity index is 0. The third-order valence-corrected chi connectivity index (χ3v) is 7.50. The highest BCUT2D eigenvalue weighted by Gasteiger charge is 2.33. The fourth-order valence-corrected chi connectivity index (χ4v) is 4.07. The van der Waals surface area contributed by atoms with Gasteiger partial charge in [0.25, 0.3) is 0 Å². The summed E-state index contributed by atoms with van der Waals surface area (Å²) < 4.78 is 0. The van der Waals surface area contributed by atoms with Gasteiger partial charge in [0.05, 0.1) is 6.10 Å². The van der Waals surface area contributed by atoms with Gasteiger partial charge in [0.2, 0.25) is 0 Å². The van der Waals surface area contributed by atoms with Crippen molar-refractivity contribution in [1.29, 1.82) is 0 Å². The second kappa shape index (κ2) is 12.4. The molecule has 0 fully saturated rings. The summed E-state index contributed by atoms with van der Waals surface area (Å²) >= 11 is 2.15.